The van der Waals surface area contributed by atoms with Gasteiger partial charge in [-0.05, 0) is 61.7 Å². The molecule has 2 aromatic rings. The van der Waals surface area contributed by atoms with Gasteiger partial charge in [-0.1, -0.05) is 12.1 Å². The van der Waals surface area contributed by atoms with E-state index in [4.69, 9.17) is 4.74 Å². The Hall–Kier alpha value is -2.18. The van der Waals surface area contributed by atoms with Crippen LogP contribution in [0.15, 0.2) is 53.4 Å². The topological polar surface area (TPSA) is 63.7 Å². The Morgan fingerprint density at radius 1 is 1.16 bits per heavy atom. The highest BCUT2D eigenvalue weighted by Crippen LogP contribution is 2.29. The molecule has 0 aliphatic carbocycles. The lowest BCUT2D eigenvalue weighted by Gasteiger charge is -2.23. The maximum atomic E-state index is 13.0. The lowest BCUT2D eigenvalue weighted by atomic mass is 10.0. The summed E-state index contributed by atoms with van der Waals surface area (Å²) in [5.74, 6) is 0.489. The number of methoxy groups -OCH3 is 1. The first-order chi connectivity index (χ1) is 11.9. The van der Waals surface area contributed by atoms with E-state index in [2.05, 4.69) is 0 Å². The van der Waals surface area contributed by atoms with Crippen molar-refractivity contribution in [3.05, 3.63) is 59.7 Å². The lowest BCUT2D eigenvalue weighted by Crippen LogP contribution is -2.40. The van der Waals surface area contributed by atoms with Crippen LogP contribution in [0, 0.1) is 6.92 Å². The standard InChI is InChI=1S/C19H21NO4S/c1-14-5-3-6-17(13-14)25(22,23)20-12-4-7-18(20)19(21)15-8-10-16(24-2)11-9-15/h3,5-6,8-11,13,18H,4,7,12H2,1-2H3. The van der Waals surface area contributed by atoms with E-state index in [0.717, 1.165) is 5.56 Å². The fourth-order valence-electron chi connectivity index (χ4n) is 3.15. The third-order valence-electron chi connectivity index (χ3n) is 4.48. The zero-order valence-electron chi connectivity index (χ0n) is 14.3. The van der Waals surface area contributed by atoms with Gasteiger partial charge in [0.25, 0.3) is 0 Å². The molecule has 0 N–H and O–H groups in total. The molecule has 0 spiro atoms. The quantitative estimate of drug-likeness (QED) is 0.770. The highest BCUT2D eigenvalue weighted by atomic mass is 32.2. The van der Waals surface area contributed by atoms with E-state index >= 15 is 0 Å². The van der Waals surface area contributed by atoms with Crippen molar-refractivity contribution in [2.75, 3.05) is 13.7 Å². The maximum Gasteiger partial charge on any atom is 0.243 e. The minimum absolute atomic E-state index is 0.170. The fourth-order valence-corrected chi connectivity index (χ4v) is 4.91. The van der Waals surface area contributed by atoms with Crippen LogP contribution < -0.4 is 4.74 Å². The molecule has 1 heterocycles. The van der Waals surface area contributed by atoms with Crippen LogP contribution >= 0.6 is 0 Å². The first-order valence-electron chi connectivity index (χ1n) is 8.20. The van der Waals surface area contributed by atoms with Crippen LogP contribution in [-0.2, 0) is 10.0 Å². The van der Waals surface area contributed by atoms with Gasteiger partial charge in [-0.2, -0.15) is 4.31 Å². The third kappa shape index (κ3) is 3.45. The SMILES string of the molecule is COc1ccc(C(=O)C2CCCN2S(=O)(=O)c2cccc(C)c2)cc1. The molecule has 1 saturated heterocycles. The second-order valence-corrected chi connectivity index (χ2v) is 8.07. The predicted octanol–water partition coefficient (Wildman–Crippen LogP) is 3.04. The van der Waals surface area contributed by atoms with Gasteiger partial charge in [-0.15, -0.1) is 0 Å². The van der Waals surface area contributed by atoms with E-state index < -0.39 is 16.1 Å². The summed E-state index contributed by atoms with van der Waals surface area (Å²) < 4.78 is 32.4. The first kappa shape index (κ1) is 17.6. The van der Waals surface area contributed by atoms with E-state index in [1.54, 1.807) is 49.6 Å². The molecule has 1 atom stereocenters. The Bertz CT molecular complexity index is 875. The average molecular weight is 359 g/mol. The molecule has 0 bridgehead atoms. The Morgan fingerprint density at radius 3 is 2.52 bits per heavy atom. The number of Topliss-reactive ketones (excluding diaryl/α,β-unsaturated/α-hetero) is 1. The summed E-state index contributed by atoms with van der Waals surface area (Å²) in [5, 5.41) is 0. The molecule has 132 valence electrons. The van der Waals surface area contributed by atoms with Crippen LogP contribution in [0.4, 0.5) is 0 Å². The molecule has 2 aromatic carbocycles. The number of ketones is 1. The zero-order chi connectivity index (χ0) is 18.0. The molecule has 0 aromatic heterocycles. The molecule has 0 saturated carbocycles. The fraction of sp³-hybridized carbons (Fsp3) is 0.316. The third-order valence-corrected chi connectivity index (χ3v) is 6.38. The number of hydrogen-bond donors (Lipinski definition) is 0. The summed E-state index contributed by atoms with van der Waals surface area (Å²) in [6, 6.07) is 12.9. The van der Waals surface area contributed by atoms with E-state index in [9.17, 15) is 13.2 Å². The molecular formula is C19H21NO4S. The van der Waals surface area contributed by atoms with Crippen molar-refractivity contribution in [2.45, 2.75) is 30.7 Å². The summed E-state index contributed by atoms with van der Waals surface area (Å²) in [4.78, 5) is 13.1. The van der Waals surface area contributed by atoms with E-state index in [1.807, 2.05) is 13.0 Å². The summed E-state index contributed by atoms with van der Waals surface area (Å²) in [6.45, 7) is 2.21. The van der Waals surface area contributed by atoms with Crippen LogP contribution in [0.3, 0.4) is 0 Å². The van der Waals surface area contributed by atoms with Crippen LogP contribution in [-0.4, -0.2) is 38.2 Å². The van der Waals surface area contributed by atoms with Gasteiger partial charge in [0.15, 0.2) is 5.78 Å². The number of carbonyl (C=O) groups is 1. The van der Waals surface area contributed by atoms with Crippen LogP contribution in [0.1, 0.15) is 28.8 Å². The number of nitrogens with zero attached hydrogens (tertiary/aromatic N) is 1. The number of rotatable bonds is 5. The van der Waals surface area contributed by atoms with Crippen molar-refractivity contribution in [3.63, 3.8) is 0 Å². The van der Waals surface area contributed by atoms with Crippen molar-refractivity contribution < 1.29 is 17.9 Å². The average Bonchev–Trinajstić information content (AvgIpc) is 3.12. The molecule has 1 aliphatic rings. The summed E-state index contributed by atoms with van der Waals surface area (Å²) >= 11 is 0. The first-order valence-corrected chi connectivity index (χ1v) is 9.64. The Kier molecular flexibility index (Phi) is 4.92. The van der Waals surface area contributed by atoms with Crippen molar-refractivity contribution in [1.82, 2.24) is 4.31 Å². The van der Waals surface area contributed by atoms with E-state index in [1.165, 1.54) is 4.31 Å². The second kappa shape index (κ2) is 6.98. The normalized spacial score (nSPS) is 18.2. The molecule has 1 fully saturated rings. The summed E-state index contributed by atoms with van der Waals surface area (Å²) in [7, 11) is -2.13. The minimum Gasteiger partial charge on any atom is -0.497 e. The van der Waals surface area contributed by atoms with Gasteiger partial charge in [-0.3, -0.25) is 4.79 Å². The molecule has 0 amide bonds. The Morgan fingerprint density at radius 2 is 1.88 bits per heavy atom. The number of carbonyl (C=O) groups excluding carboxylic acids is 1. The summed E-state index contributed by atoms with van der Waals surface area (Å²) in [5.41, 5.74) is 1.37. The van der Waals surface area contributed by atoms with Crippen LogP contribution in [0.5, 0.6) is 5.75 Å². The smallest absolute Gasteiger partial charge is 0.243 e. The Labute approximate surface area is 148 Å². The molecule has 3 rings (SSSR count). The second-order valence-electron chi connectivity index (χ2n) is 6.18. The lowest BCUT2D eigenvalue weighted by molar-refractivity contribution is 0.0918. The molecule has 1 aliphatic heterocycles. The molecule has 5 nitrogen and oxygen atoms in total. The van der Waals surface area contributed by atoms with Gasteiger partial charge >= 0.3 is 0 Å². The number of benzene rings is 2. The van der Waals surface area contributed by atoms with E-state index in [0.29, 0.717) is 30.7 Å². The highest BCUT2D eigenvalue weighted by molar-refractivity contribution is 7.89. The summed E-state index contributed by atoms with van der Waals surface area (Å²) in [6.07, 6.45) is 1.22. The number of aryl methyl sites for hydroxylation is 1. The van der Waals surface area contributed by atoms with Crippen molar-refractivity contribution in [1.29, 1.82) is 0 Å². The number of ether oxygens (including phenoxy) is 1. The van der Waals surface area contributed by atoms with Crippen molar-refractivity contribution in [2.24, 2.45) is 0 Å². The number of hydrogen-bond acceptors (Lipinski definition) is 4. The maximum absolute atomic E-state index is 13.0. The van der Waals surface area contributed by atoms with Gasteiger partial charge in [-0.25, -0.2) is 8.42 Å². The monoisotopic (exact) mass is 359 g/mol. The minimum atomic E-state index is -3.69. The predicted molar refractivity (Wildman–Crippen MR) is 95.4 cm³/mol. The molecule has 25 heavy (non-hydrogen) atoms. The van der Waals surface area contributed by atoms with Gasteiger partial charge in [0.05, 0.1) is 18.0 Å². The zero-order valence-corrected chi connectivity index (χ0v) is 15.1. The van der Waals surface area contributed by atoms with Gasteiger partial charge in [0, 0.05) is 12.1 Å². The molecule has 6 heteroatoms. The number of sulfonamides is 1. The van der Waals surface area contributed by atoms with Crippen molar-refractivity contribution >= 4 is 15.8 Å². The molecular weight excluding hydrogens is 338 g/mol. The van der Waals surface area contributed by atoms with Gasteiger partial charge in [0.1, 0.15) is 5.75 Å². The van der Waals surface area contributed by atoms with Gasteiger partial charge in [0.2, 0.25) is 10.0 Å². The van der Waals surface area contributed by atoms with Crippen LogP contribution in [0.2, 0.25) is 0 Å². The van der Waals surface area contributed by atoms with Crippen molar-refractivity contribution in [3.8, 4) is 5.75 Å². The molecule has 0 radical (unpaired) electrons. The highest BCUT2D eigenvalue weighted by Gasteiger charge is 2.39. The largest absolute Gasteiger partial charge is 0.497 e. The van der Waals surface area contributed by atoms with E-state index in [-0.39, 0.29) is 10.7 Å². The molecule has 1 unspecified atom stereocenters. The van der Waals surface area contributed by atoms with Crippen LogP contribution in [0.25, 0.3) is 0 Å². The van der Waals surface area contributed by atoms with Gasteiger partial charge < -0.3 is 4.74 Å². The Balaban J connectivity index is 1.90.